The highest BCUT2D eigenvalue weighted by molar-refractivity contribution is 7.15. The van der Waals surface area contributed by atoms with E-state index >= 15 is 0 Å². The number of aryl methyl sites for hydroxylation is 1. The Labute approximate surface area is 117 Å². The van der Waals surface area contributed by atoms with Gasteiger partial charge in [0.2, 0.25) is 0 Å². The highest BCUT2D eigenvalue weighted by Gasteiger charge is 2.15. The van der Waals surface area contributed by atoms with E-state index in [0.29, 0.717) is 5.92 Å². The molecule has 0 fully saturated rings. The van der Waals surface area contributed by atoms with Crippen LogP contribution < -0.4 is 0 Å². The van der Waals surface area contributed by atoms with Crippen molar-refractivity contribution in [3.63, 3.8) is 0 Å². The first kappa shape index (κ1) is 12.4. The number of aromatic nitrogens is 2. The summed E-state index contributed by atoms with van der Waals surface area (Å²) in [6.07, 6.45) is 3.18. The van der Waals surface area contributed by atoms with Crippen LogP contribution in [0.4, 0.5) is 0 Å². The van der Waals surface area contributed by atoms with E-state index in [2.05, 4.69) is 61.0 Å². The Bertz CT molecular complexity index is 689. The van der Waals surface area contributed by atoms with E-state index in [1.165, 1.54) is 16.8 Å². The third-order valence-electron chi connectivity index (χ3n) is 3.29. The fraction of sp³-hybridized carbons (Fsp3) is 0.312. The minimum atomic E-state index is 0.629. The predicted molar refractivity (Wildman–Crippen MR) is 81.8 cm³/mol. The van der Waals surface area contributed by atoms with E-state index in [-0.39, 0.29) is 0 Å². The summed E-state index contributed by atoms with van der Waals surface area (Å²) in [5, 5.41) is 2.10. The molecule has 0 aliphatic heterocycles. The zero-order chi connectivity index (χ0) is 13.4. The number of thiazole rings is 1. The quantitative estimate of drug-likeness (QED) is 0.681. The lowest BCUT2D eigenvalue weighted by atomic mass is 10.0. The zero-order valence-corrected chi connectivity index (χ0v) is 12.4. The fourth-order valence-electron chi connectivity index (χ4n) is 2.36. The molecule has 0 saturated carbocycles. The van der Waals surface area contributed by atoms with Crippen LogP contribution in [0, 0.1) is 12.8 Å². The van der Waals surface area contributed by atoms with Crippen LogP contribution in [0.25, 0.3) is 16.2 Å². The van der Waals surface area contributed by atoms with Crippen LogP contribution >= 0.6 is 11.3 Å². The number of imidazole rings is 1. The summed E-state index contributed by atoms with van der Waals surface area (Å²) in [5.74, 6) is 0.629. The van der Waals surface area contributed by atoms with Gasteiger partial charge in [0.15, 0.2) is 4.96 Å². The van der Waals surface area contributed by atoms with E-state index in [0.717, 1.165) is 17.1 Å². The summed E-state index contributed by atoms with van der Waals surface area (Å²) >= 11 is 1.70. The summed E-state index contributed by atoms with van der Waals surface area (Å²) in [5.41, 5.74) is 4.97. The molecule has 0 amide bonds. The molecule has 2 heterocycles. The van der Waals surface area contributed by atoms with Crippen molar-refractivity contribution in [2.45, 2.75) is 27.2 Å². The Morgan fingerprint density at radius 3 is 2.63 bits per heavy atom. The molecule has 0 aliphatic carbocycles. The fourth-order valence-corrected chi connectivity index (χ4v) is 3.09. The molecule has 2 nitrogen and oxygen atoms in total. The molecule has 0 spiro atoms. The lowest BCUT2D eigenvalue weighted by Crippen LogP contribution is -1.99. The lowest BCUT2D eigenvalue weighted by Gasteiger charge is -2.07. The minimum absolute atomic E-state index is 0.629. The van der Waals surface area contributed by atoms with Gasteiger partial charge in [0.1, 0.15) is 0 Å². The second-order valence-electron chi connectivity index (χ2n) is 5.43. The van der Waals surface area contributed by atoms with Crippen LogP contribution in [0.5, 0.6) is 0 Å². The molecule has 1 aromatic carbocycles. The number of rotatable bonds is 3. The van der Waals surface area contributed by atoms with Crippen LogP contribution in [0.3, 0.4) is 0 Å². The lowest BCUT2D eigenvalue weighted by molar-refractivity contribution is 0.633. The number of benzene rings is 1. The van der Waals surface area contributed by atoms with Crippen molar-refractivity contribution >= 4 is 16.3 Å². The van der Waals surface area contributed by atoms with Gasteiger partial charge in [-0.3, -0.25) is 4.40 Å². The molecule has 98 valence electrons. The van der Waals surface area contributed by atoms with Crippen molar-refractivity contribution in [2.75, 3.05) is 0 Å². The maximum absolute atomic E-state index is 4.81. The highest BCUT2D eigenvalue weighted by Crippen LogP contribution is 2.28. The summed E-state index contributed by atoms with van der Waals surface area (Å²) < 4.78 is 2.24. The molecule has 3 heteroatoms. The average Bonchev–Trinajstić information content (AvgIpc) is 2.93. The Hall–Kier alpha value is -1.61. The minimum Gasteiger partial charge on any atom is -0.294 e. The largest absolute Gasteiger partial charge is 0.294 e. The first-order chi connectivity index (χ1) is 9.15. The summed E-state index contributed by atoms with van der Waals surface area (Å²) in [4.78, 5) is 5.90. The first-order valence-corrected chi connectivity index (χ1v) is 7.54. The molecule has 0 aliphatic rings. The van der Waals surface area contributed by atoms with E-state index in [1.54, 1.807) is 11.3 Å². The van der Waals surface area contributed by atoms with Gasteiger partial charge in [-0.1, -0.05) is 43.7 Å². The van der Waals surface area contributed by atoms with E-state index in [4.69, 9.17) is 4.98 Å². The molecule has 0 bridgehead atoms. The van der Waals surface area contributed by atoms with Gasteiger partial charge in [-0.05, 0) is 19.3 Å². The third-order valence-corrected chi connectivity index (χ3v) is 4.04. The van der Waals surface area contributed by atoms with Gasteiger partial charge in [-0.25, -0.2) is 4.98 Å². The van der Waals surface area contributed by atoms with Gasteiger partial charge < -0.3 is 0 Å². The van der Waals surface area contributed by atoms with Crippen molar-refractivity contribution in [3.05, 3.63) is 47.1 Å². The molecule has 0 radical (unpaired) electrons. The summed E-state index contributed by atoms with van der Waals surface area (Å²) in [7, 11) is 0. The molecule has 3 rings (SSSR count). The third kappa shape index (κ3) is 2.30. The Kier molecular flexibility index (Phi) is 3.15. The number of hydrogen-bond acceptors (Lipinski definition) is 2. The molecular weight excluding hydrogens is 252 g/mol. The van der Waals surface area contributed by atoms with E-state index in [9.17, 15) is 0 Å². The SMILES string of the molecule is Cc1ccc(-c2nc3sccn3c2CC(C)C)cc1. The van der Waals surface area contributed by atoms with Gasteiger partial charge >= 0.3 is 0 Å². The molecule has 0 saturated heterocycles. The van der Waals surface area contributed by atoms with Gasteiger partial charge in [0.05, 0.1) is 11.4 Å². The summed E-state index contributed by atoms with van der Waals surface area (Å²) in [6.45, 7) is 6.62. The van der Waals surface area contributed by atoms with Crippen LogP contribution in [-0.4, -0.2) is 9.38 Å². The van der Waals surface area contributed by atoms with E-state index in [1.807, 2.05) is 0 Å². The Morgan fingerprint density at radius 2 is 1.95 bits per heavy atom. The van der Waals surface area contributed by atoms with Gasteiger partial charge in [-0.15, -0.1) is 11.3 Å². The number of hydrogen-bond donors (Lipinski definition) is 0. The zero-order valence-electron chi connectivity index (χ0n) is 11.6. The molecule has 3 aromatic rings. The van der Waals surface area contributed by atoms with Crippen molar-refractivity contribution in [1.29, 1.82) is 0 Å². The van der Waals surface area contributed by atoms with Gasteiger partial charge in [0.25, 0.3) is 0 Å². The van der Waals surface area contributed by atoms with Crippen molar-refractivity contribution in [1.82, 2.24) is 9.38 Å². The van der Waals surface area contributed by atoms with Gasteiger partial charge in [-0.2, -0.15) is 0 Å². The molecule has 0 unspecified atom stereocenters. The maximum atomic E-state index is 4.81. The van der Waals surface area contributed by atoms with Crippen LogP contribution in [0.2, 0.25) is 0 Å². The van der Waals surface area contributed by atoms with Crippen LogP contribution in [0.1, 0.15) is 25.1 Å². The van der Waals surface area contributed by atoms with Crippen molar-refractivity contribution < 1.29 is 0 Å². The normalized spacial score (nSPS) is 11.6. The van der Waals surface area contributed by atoms with Crippen LogP contribution in [0.15, 0.2) is 35.8 Å². The van der Waals surface area contributed by atoms with Crippen LogP contribution in [-0.2, 0) is 6.42 Å². The molecule has 19 heavy (non-hydrogen) atoms. The van der Waals surface area contributed by atoms with Crippen molar-refractivity contribution in [2.24, 2.45) is 5.92 Å². The molecule has 0 atom stereocenters. The molecule has 2 aromatic heterocycles. The predicted octanol–water partition coefficient (Wildman–Crippen LogP) is 4.57. The average molecular weight is 270 g/mol. The Morgan fingerprint density at radius 1 is 1.21 bits per heavy atom. The topological polar surface area (TPSA) is 17.3 Å². The molecular formula is C16H18N2S. The monoisotopic (exact) mass is 270 g/mol. The second-order valence-corrected chi connectivity index (χ2v) is 6.30. The first-order valence-electron chi connectivity index (χ1n) is 6.66. The Balaban J connectivity index is 2.16. The number of nitrogens with zero attached hydrogens (tertiary/aromatic N) is 2. The van der Waals surface area contributed by atoms with Crippen molar-refractivity contribution in [3.8, 4) is 11.3 Å². The molecule has 0 N–H and O–H groups in total. The second kappa shape index (κ2) is 4.82. The number of fused-ring (bicyclic) bond motifs is 1. The summed E-state index contributed by atoms with van der Waals surface area (Å²) in [6, 6.07) is 8.65. The maximum Gasteiger partial charge on any atom is 0.194 e. The standard InChI is InChI=1S/C16H18N2S/c1-11(2)10-14-15(13-6-4-12(3)5-7-13)17-16-18(14)8-9-19-16/h4-9,11H,10H2,1-3H3. The van der Waals surface area contributed by atoms with E-state index < -0.39 is 0 Å². The van der Waals surface area contributed by atoms with Gasteiger partial charge in [0, 0.05) is 17.1 Å². The smallest absolute Gasteiger partial charge is 0.194 e. The highest BCUT2D eigenvalue weighted by atomic mass is 32.1.